The van der Waals surface area contributed by atoms with Crippen molar-refractivity contribution in [3.63, 3.8) is 0 Å². The molecule has 2 aliphatic heterocycles. The third kappa shape index (κ3) is 16.1. The van der Waals surface area contributed by atoms with Crippen molar-refractivity contribution in [1.82, 2.24) is 0 Å². The molecule has 0 bridgehead atoms. The number of Topliss-reactive ketones (excluding diaryl/α,β-unsaturated/α-hetero) is 2. The Morgan fingerprint density at radius 2 is 0.990 bits per heavy atom. The molecule has 0 aromatic carbocycles. The first kappa shape index (κ1) is 89.8. The first-order valence-corrected chi connectivity index (χ1v) is 39.0. The van der Waals surface area contributed by atoms with Crippen LogP contribution in [0.4, 0.5) is 0 Å². The van der Waals surface area contributed by atoms with Crippen LogP contribution in [0.1, 0.15) is 268 Å². The summed E-state index contributed by atoms with van der Waals surface area (Å²) in [6, 6.07) is 0. The van der Waals surface area contributed by atoms with E-state index in [-0.39, 0.29) is 146 Å². The van der Waals surface area contributed by atoms with Gasteiger partial charge in [0.05, 0.1) is 30.0 Å². The third-order valence-electron chi connectivity index (χ3n) is 30.7. The Bertz CT molecular complexity index is 2840. The molecule has 10 aliphatic rings. The molecule has 12 unspecified atom stereocenters. The van der Waals surface area contributed by atoms with Crippen LogP contribution in [0.25, 0.3) is 0 Å². The van der Waals surface area contributed by atoms with Crippen LogP contribution in [0, 0.1) is 108 Å². The van der Waals surface area contributed by atoms with Gasteiger partial charge in [0.15, 0.2) is 24.4 Å². The molecule has 16 nitrogen and oxygen atoms in total. The molecule has 2 saturated heterocycles. The molecule has 0 aromatic rings. The van der Waals surface area contributed by atoms with Gasteiger partial charge in [-0.3, -0.25) is 19.2 Å². The minimum absolute atomic E-state index is 0. The van der Waals surface area contributed by atoms with Gasteiger partial charge in [0, 0.05) is 44.4 Å². The molecular formula is C81H137BINaO16. The molecule has 8 aliphatic carbocycles. The number of allylic oxidation sites excluding steroid dienone is 4. The molecule has 19 heteroatoms. The summed E-state index contributed by atoms with van der Waals surface area (Å²) in [7, 11) is 0.750. The van der Waals surface area contributed by atoms with Gasteiger partial charge in [-0.15, -0.1) is 0 Å². The number of aliphatic hydroxyl groups excluding tert-OH is 5. The van der Waals surface area contributed by atoms with E-state index >= 15 is 0 Å². The molecule has 2 radical (unpaired) electrons. The van der Waals surface area contributed by atoms with Crippen molar-refractivity contribution in [2.24, 2.45) is 108 Å². The average Bonchev–Trinajstić information content (AvgIpc) is 1.14. The summed E-state index contributed by atoms with van der Waals surface area (Å²) in [6.45, 7) is 45.7. The van der Waals surface area contributed by atoms with E-state index in [1.807, 2.05) is 13.8 Å². The van der Waals surface area contributed by atoms with Crippen LogP contribution in [0.5, 0.6) is 0 Å². The minimum Gasteiger partial charge on any atom is -0.857 e. The quantitative estimate of drug-likeness (QED) is 0.0417. The first-order chi connectivity index (χ1) is 45.5. The van der Waals surface area contributed by atoms with Crippen LogP contribution in [-0.4, -0.2) is 142 Å². The Morgan fingerprint density at radius 1 is 0.570 bits per heavy atom. The molecule has 10 fully saturated rings. The van der Waals surface area contributed by atoms with E-state index in [2.05, 4.69) is 136 Å². The fourth-order valence-electron chi connectivity index (χ4n) is 24.2. The van der Waals surface area contributed by atoms with E-state index in [9.17, 15) is 44.7 Å². The Balaban J connectivity index is 0.000000339. The topological polar surface area (TPSA) is 248 Å². The molecule has 0 aromatic heterocycles. The van der Waals surface area contributed by atoms with Gasteiger partial charge in [-0.05, 0) is 235 Å². The standard InChI is InChI=1S/C43H70O7.C36H60O8.CH3O.CH4.BI.Na/c1-25(2)15-14-19-43(13,50-38-37(48-30(7)45)28(5)27(4)33(49-38)24-47-29(6)44)31-17-21-42(12)36(31)32(46)23-35-40(10)20-16-26(3)39(8,9)34(40)18-22-41(35,42)11;1-20(2)10-9-14-36(8,44-31-30(42)29(41)28(40)23(19-37)43-31)21-11-16-35(7)27(21)22(38)18-25-33(5)15-13-26(39)32(3,4)24(33)12-17-34(25,35)6;1-2;;1-2;/h15,26-28,31,33-38H,14,16-24H2,1-13H3;10,21,23-31,37,39-42H,9,11-19H2,1-8H3;1H3;1H4;;/q;;-1;;;+1/t26-,27-,28-,31?,33?,34?,35?,36?,37?,38-,40-,41+,42+,43-;21?,23?,24?,25?,26-,27?,28+,29-,30?,31-,33-,34+,35+,36-;;;;/m00..../s1. The largest absolute Gasteiger partial charge is 1.00 e. The second-order valence-corrected chi connectivity index (χ2v) is 36.5. The molecule has 8 saturated carbocycles. The number of fused-ring (bicyclic) bond motifs is 10. The van der Waals surface area contributed by atoms with Crippen molar-refractivity contribution >= 4 is 51.6 Å². The summed E-state index contributed by atoms with van der Waals surface area (Å²) in [4.78, 5) is 53.8. The van der Waals surface area contributed by atoms with Crippen LogP contribution in [0.15, 0.2) is 23.3 Å². The number of halogens is 1. The van der Waals surface area contributed by atoms with Crippen LogP contribution >= 0.6 is 22.4 Å². The van der Waals surface area contributed by atoms with Crippen LogP contribution < -0.4 is 34.7 Å². The number of hydrogen-bond donors (Lipinski definition) is 5. The molecule has 2 heterocycles. The van der Waals surface area contributed by atoms with Crippen molar-refractivity contribution < 1.29 is 108 Å². The number of hydrogen-bond acceptors (Lipinski definition) is 16. The fraction of sp³-hybridized carbons (Fsp3) is 0.901. The number of rotatable bonds is 16. The smallest absolute Gasteiger partial charge is 0.857 e. The van der Waals surface area contributed by atoms with Crippen molar-refractivity contribution in [2.45, 2.75) is 335 Å². The minimum atomic E-state index is -1.52. The van der Waals surface area contributed by atoms with Gasteiger partial charge < -0.3 is 59.1 Å². The molecule has 568 valence electrons. The first-order valence-electron chi connectivity index (χ1n) is 37.7. The van der Waals surface area contributed by atoms with Crippen molar-refractivity contribution in [2.75, 3.05) is 20.3 Å². The van der Waals surface area contributed by atoms with E-state index in [1.54, 1.807) is 22.4 Å². The molecule has 5 N–H and O–H groups in total. The zero-order chi connectivity index (χ0) is 73.8. The number of ether oxygens (including phenoxy) is 6. The number of aliphatic hydroxyl groups is 5. The van der Waals surface area contributed by atoms with Gasteiger partial charge in [0.1, 0.15) is 42.6 Å². The van der Waals surface area contributed by atoms with Gasteiger partial charge in [-0.2, -0.15) is 29.5 Å². The van der Waals surface area contributed by atoms with Crippen molar-refractivity contribution in [1.29, 1.82) is 0 Å². The van der Waals surface area contributed by atoms with Crippen LogP contribution in [-0.2, 0) is 47.6 Å². The maximum atomic E-state index is 14.9. The van der Waals surface area contributed by atoms with E-state index in [4.69, 9.17) is 33.5 Å². The normalized spacial score (nSPS) is 44.5. The number of ketones is 2. The van der Waals surface area contributed by atoms with Gasteiger partial charge in [-0.1, -0.05) is 121 Å². The summed E-state index contributed by atoms with van der Waals surface area (Å²) in [5.41, 5.74) is 5.19. The maximum Gasteiger partial charge on any atom is 1.00 e. The van der Waals surface area contributed by atoms with Crippen LogP contribution in [0.3, 0.4) is 0 Å². The predicted octanol–water partition coefficient (Wildman–Crippen LogP) is 11.2. The second kappa shape index (κ2) is 34.0. The van der Waals surface area contributed by atoms with Gasteiger partial charge in [0.25, 0.3) is 0 Å². The third-order valence-corrected chi connectivity index (χ3v) is 30.7. The molecule has 0 spiro atoms. The second-order valence-electron chi connectivity index (χ2n) is 36.5. The number of carbonyl (C=O) groups is 4. The predicted molar refractivity (Wildman–Crippen MR) is 396 cm³/mol. The SMILES string of the molecule is C.CC(=O)OCC1O[C@@H](O[C@@](C)(CCC=C(C)C)C2CC[C@]3(C)C2C(=O)CC2[C@@]4(C)CC[C@H](C)C(C)(C)C4CC[C@]23C)C(OC(C)=O)[C@@H](C)[C@@H]1C.CC(C)=CCC[C@](C)(O[C@@H]1OC(CO)[C@@H](O)[C@H](O)C1O)C1CC[C@]2(C)C1C(=O)CC1[C@@]3(C)CC[C@H](O)C(C)(C)C3CC[C@]12C.C[O-].[B]I.[Na+]. The zero-order valence-corrected chi connectivity index (χ0v) is 69.7. The summed E-state index contributed by atoms with van der Waals surface area (Å²) in [5, 5.41) is 60.9. The summed E-state index contributed by atoms with van der Waals surface area (Å²) in [6.07, 6.45) is 11.8. The van der Waals surface area contributed by atoms with Gasteiger partial charge in [0.2, 0.25) is 0 Å². The Hall–Kier alpha value is -0.845. The molecule has 0 amide bonds. The molecule has 10 rings (SSSR count). The Morgan fingerprint density at radius 3 is 1.42 bits per heavy atom. The van der Waals surface area contributed by atoms with E-state index < -0.39 is 67.0 Å². The number of esters is 2. The zero-order valence-electron chi connectivity index (χ0n) is 65.5. The summed E-state index contributed by atoms with van der Waals surface area (Å²) in [5.74, 6) is 1.72. The van der Waals surface area contributed by atoms with E-state index in [1.165, 1.54) is 50.7 Å². The van der Waals surface area contributed by atoms with Gasteiger partial charge in [-0.25, -0.2) is 0 Å². The van der Waals surface area contributed by atoms with E-state index in [0.29, 0.717) is 54.5 Å². The summed E-state index contributed by atoms with van der Waals surface area (Å²) < 4.78 is 37.8. The molecule has 28 atom stereocenters. The monoisotopic (exact) mass is 1530 g/mol. The van der Waals surface area contributed by atoms with E-state index in [0.717, 1.165) is 77.7 Å². The Kier molecular flexibility index (Phi) is 30.5. The molecule has 100 heavy (non-hydrogen) atoms. The maximum absolute atomic E-state index is 14.9. The van der Waals surface area contributed by atoms with Crippen LogP contribution in [0.2, 0.25) is 0 Å². The molecular weight excluding hydrogens is 1390 g/mol. The number of carbonyl (C=O) groups excluding carboxylic acids is 4. The van der Waals surface area contributed by atoms with Gasteiger partial charge >= 0.3 is 41.5 Å². The van der Waals surface area contributed by atoms with Crippen molar-refractivity contribution in [3.05, 3.63) is 23.3 Å². The Labute approximate surface area is 641 Å². The van der Waals surface area contributed by atoms with Crippen molar-refractivity contribution in [3.8, 4) is 0 Å². The average molecular weight is 1530 g/mol. The fourth-order valence-corrected chi connectivity index (χ4v) is 24.2. The summed E-state index contributed by atoms with van der Waals surface area (Å²) >= 11 is 1.65.